The Morgan fingerprint density at radius 1 is 1.15 bits per heavy atom. The molecule has 1 aliphatic rings. The lowest BCUT2D eigenvalue weighted by atomic mass is 10.0. The van der Waals surface area contributed by atoms with Gasteiger partial charge in [-0.1, -0.05) is 34.1 Å². The second-order valence-corrected chi connectivity index (χ2v) is 5.76. The van der Waals surface area contributed by atoms with Crippen LogP contribution in [0.1, 0.15) is 17.5 Å². The third-order valence-corrected chi connectivity index (χ3v) is 4.02. The molecule has 0 bridgehead atoms. The van der Waals surface area contributed by atoms with Gasteiger partial charge >= 0.3 is 0 Å². The maximum absolute atomic E-state index is 13.8. The number of amides is 1. The van der Waals surface area contributed by atoms with E-state index in [1.54, 1.807) is 23.1 Å². The van der Waals surface area contributed by atoms with E-state index in [1.807, 2.05) is 18.2 Å². The van der Waals surface area contributed by atoms with Gasteiger partial charge in [0.15, 0.2) is 0 Å². The summed E-state index contributed by atoms with van der Waals surface area (Å²) in [5, 5.41) is 0. The molecule has 0 radical (unpaired) electrons. The highest BCUT2D eigenvalue weighted by molar-refractivity contribution is 9.10. The topological polar surface area (TPSA) is 20.3 Å². The molecule has 0 atom stereocenters. The number of aryl methyl sites for hydroxylation is 1. The summed E-state index contributed by atoms with van der Waals surface area (Å²) in [4.78, 5) is 13.8. The highest BCUT2D eigenvalue weighted by atomic mass is 79.9. The van der Waals surface area contributed by atoms with E-state index in [0.717, 1.165) is 22.1 Å². The molecule has 1 amide bonds. The van der Waals surface area contributed by atoms with Crippen LogP contribution in [0.5, 0.6) is 0 Å². The molecule has 2 aromatic carbocycles. The summed E-state index contributed by atoms with van der Waals surface area (Å²) in [6.45, 7) is 0.278. The highest BCUT2D eigenvalue weighted by Gasteiger charge is 2.24. The van der Waals surface area contributed by atoms with E-state index in [9.17, 15) is 9.18 Å². The zero-order valence-electron chi connectivity index (χ0n) is 10.8. The van der Waals surface area contributed by atoms with E-state index >= 15 is 0 Å². The second-order valence-electron chi connectivity index (χ2n) is 4.84. The average molecular weight is 334 g/mol. The molecular formula is C16H13BrFNO. The molecule has 3 rings (SSSR count). The van der Waals surface area contributed by atoms with E-state index in [1.165, 1.54) is 6.07 Å². The molecule has 2 aromatic rings. The summed E-state index contributed by atoms with van der Waals surface area (Å²) in [6, 6.07) is 12.4. The second kappa shape index (κ2) is 5.37. The lowest BCUT2D eigenvalue weighted by Gasteiger charge is -2.29. The van der Waals surface area contributed by atoms with Crippen molar-refractivity contribution in [1.29, 1.82) is 0 Å². The molecule has 1 heterocycles. The van der Waals surface area contributed by atoms with Crippen LogP contribution in [0.3, 0.4) is 0 Å². The molecule has 20 heavy (non-hydrogen) atoms. The summed E-state index contributed by atoms with van der Waals surface area (Å²) >= 11 is 3.44. The number of carbonyl (C=O) groups excluding carboxylic acids is 1. The fourth-order valence-corrected chi connectivity index (χ4v) is 2.91. The molecule has 0 spiro atoms. The lowest BCUT2D eigenvalue weighted by Crippen LogP contribution is -2.34. The van der Waals surface area contributed by atoms with Crippen LogP contribution < -0.4 is 4.90 Å². The first-order valence-corrected chi connectivity index (χ1v) is 7.26. The van der Waals surface area contributed by atoms with E-state index in [-0.39, 0.29) is 18.3 Å². The van der Waals surface area contributed by atoms with Gasteiger partial charge < -0.3 is 4.90 Å². The number of halogens is 2. The highest BCUT2D eigenvalue weighted by Crippen LogP contribution is 2.31. The van der Waals surface area contributed by atoms with Crippen molar-refractivity contribution < 1.29 is 9.18 Å². The Morgan fingerprint density at radius 3 is 2.75 bits per heavy atom. The van der Waals surface area contributed by atoms with Gasteiger partial charge in [-0.2, -0.15) is 0 Å². The van der Waals surface area contributed by atoms with E-state index in [2.05, 4.69) is 15.9 Å². The van der Waals surface area contributed by atoms with Gasteiger partial charge in [-0.15, -0.1) is 0 Å². The maximum Gasteiger partial charge on any atom is 0.227 e. The minimum atomic E-state index is -0.274. The minimum Gasteiger partial charge on any atom is -0.308 e. The van der Waals surface area contributed by atoms with Crippen molar-refractivity contribution in [2.24, 2.45) is 0 Å². The number of fused-ring (bicyclic) bond motifs is 1. The van der Waals surface area contributed by atoms with Crippen molar-refractivity contribution in [1.82, 2.24) is 0 Å². The Labute approximate surface area is 125 Å². The molecule has 4 heteroatoms. The minimum absolute atomic E-state index is 0.0445. The van der Waals surface area contributed by atoms with E-state index in [0.29, 0.717) is 12.0 Å². The third kappa shape index (κ3) is 2.48. The molecule has 0 saturated carbocycles. The van der Waals surface area contributed by atoms with Gasteiger partial charge in [-0.05, 0) is 36.2 Å². The molecule has 0 N–H and O–H groups in total. The Morgan fingerprint density at radius 2 is 1.95 bits per heavy atom. The van der Waals surface area contributed by atoms with E-state index < -0.39 is 0 Å². The normalized spacial score (nSPS) is 14.3. The fourth-order valence-electron chi connectivity index (χ4n) is 2.50. The predicted octanol–water partition coefficient (Wildman–Crippen LogP) is 4.07. The lowest BCUT2D eigenvalue weighted by molar-refractivity contribution is -0.119. The number of carbonyl (C=O) groups is 1. The first-order chi connectivity index (χ1) is 9.65. The van der Waals surface area contributed by atoms with Crippen molar-refractivity contribution in [3.8, 4) is 0 Å². The maximum atomic E-state index is 13.8. The molecule has 102 valence electrons. The van der Waals surface area contributed by atoms with Crippen molar-refractivity contribution in [2.75, 3.05) is 4.90 Å². The van der Waals surface area contributed by atoms with Crippen LogP contribution in [0.15, 0.2) is 46.9 Å². The van der Waals surface area contributed by atoms with Gasteiger partial charge in [0, 0.05) is 22.1 Å². The summed E-state index contributed by atoms with van der Waals surface area (Å²) in [5.41, 5.74) is 2.54. The average Bonchev–Trinajstić information content (AvgIpc) is 2.44. The number of benzene rings is 2. The summed E-state index contributed by atoms with van der Waals surface area (Å²) < 4.78 is 14.8. The van der Waals surface area contributed by atoms with Crippen LogP contribution in [-0.4, -0.2) is 5.91 Å². The first kappa shape index (κ1) is 13.3. The van der Waals surface area contributed by atoms with Crippen LogP contribution in [-0.2, 0) is 17.8 Å². The van der Waals surface area contributed by atoms with E-state index in [4.69, 9.17) is 0 Å². The van der Waals surface area contributed by atoms with Crippen molar-refractivity contribution in [2.45, 2.75) is 19.4 Å². The van der Waals surface area contributed by atoms with Crippen LogP contribution in [0.4, 0.5) is 10.1 Å². The van der Waals surface area contributed by atoms with Crippen molar-refractivity contribution in [3.05, 3.63) is 63.9 Å². The molecule has 0 aliphatic carbocycles. The molecule has 2 nitrogen and oxygen atoms in total. The molecule has 1 aliphatic heterocycles. The molecule has 0 unspecified atom stereocenters. The monoisotopic (exact) mass is 333 g/mol. The molecule has 0 aromatic heterocycles. The zero-order chi connectivity index (χ0) is 14.1. The quantitative estimate of drug-likeness (QED) is 0.811. The Kier molecular flexibility index (Phi) is 3.57. The summed E-state index contributed by atoms with van der Waals surface area (Å²) in [5.74, 6) is -0.229. The third-order valence-electron chi connectivity index (χ3n) is 3.53. The number of rotatable bonds is 2. The fraction of sp³-hybridized carbons (Fsp3) is 0.188. The number of hydrogen-bond acceptors (Lipinski definition) is 1. The van der Waals surface area contributed by atoms with Crippen molar-refractivity contribution >= 4 is 27.5 Å². The number of hydrogen-bond donors (Lipinski definition) is 0. The van der Waals surface area contributed by atoms with Gasteiger partial charge in [-0.25, -0.2) is 4.39 Å². The Balaban J connectivity index is 1.97. The van der Waals surface area contributed by atoms with Gasteiger partial charge in [0.1, 0.15) is 5.82 Å². The van der Waals surface area contributed by atoms with Crippen LogP contribution >= 0.6 is 15.9 Å². The van der Waals surface area contributed by atoms with Crippen LogP contribution in [0.25, 0.3) is 0 Å². The Hall–Kier alpha value is -1.68. The Bertz CT molecular complexity index is 671. The number of nitrogens with zero attached hydrogens (tertiary/aromatic N) is 1. The summed E-state index contributed by atoms with van der Waals surface area (Å²) in [7, 11) is 0. The van der Waals surface area contributed by atoms with Crippen molar-refractivity contribution in [3.63, 3.8) is 0 Å². The largest absolute Gasteiger partial charge is 0.308 e. The molecule has 0 saturated heterocycles. The van der Waals surface area contributed by atoms with Crippen LogP contribution in [0, 0.1) is 5.82 Å². The molecular weight excluding hydrogens is 321 g/mol. The smallest absolute Gasteiger partial charge is 0.227 e. The van der Waals surface area contributed by atoms with Gasteiger partial charge in [0.2, 0.25) is 5.91 Å². The van der Waals surface area contributed by atoms with Crippen LogP contribution in [0.2, 0.25) is 0 Å². The van der Waals surface area contributed by atoms with Gasteiger partial charge in [0.25, 0.3) is 0 Å². The van der Waals surface area contributed by atoms with Gasteiger partial charge in [-0.3, -0.25) is 4.79 Å². The standard InChI is InChI=1S/C16H13BrFNO/c17-13-6-7-15-11(9-13)5-8-16(20)19(15)10-12-3-1-2-4-14(12)18/h1-4,6-7,9H,5,8,10H2. The summed E-state index contributed by atoms with van der Waals surface area (Å²) in [6.07, 6.45) is 1.21. The van der Waals surface area contributed by atoms with Gasteiger partial charge in [0.05, 0.1) is 6.54 Å². The first-order valence-electron chi connectivity index (χ1n) is 6.47. The number of anilines is 1. The molecule has 0 fully saturated rings. The predicted molar refractivity (Wildman–Crippen MR) is 80.1 cm³/mol. The zero-order valence-corrected chi connectivity index (χ0v) is 12.4. The SMILES string of the molecule is O=C1CCc2cc(Br)ccc2N1Cc1ccccc1F.